The number of fused-ring (bicyclic) bond motifs is 2. The van der Waals surface area contributed by atoms with Crippen LogP contribution in [0.4, 0.5) is 0 Å². The van der Waals surface area contributed by atoms with Gasteiger partial charge in [0.05, 0.1) is 26.3 Å². The van der Waals surface area contributed by atoms with E-state index in [1.165, 1.54) is 9.71 Å². The predicted octanol–water partition coefficient (Wildman–Crippen LogP) is 4.36. The van der Waals surface area contributed by atoms with E-state index in [9.17, 15) is 4.79 Å². The van der Waals surface area contributed by atoms with Crippen LogP contribution < -0.4 is 0 Å². The summed E-state index contributed by atoms with van der Waals surface area (Å²) < 4.78 is 3.27. The zero-order chi connectivity index (χ0) is 19.1. The lowest BCUT2D eigenvalue weighted by Crippen LogP contribution is -2.39. The van der Waals surface area contributed by atoms with Crippen LogP contribution in [0, 0.1) is 6.92 Å². The number of imidazole rings is 1. The lowest BCUT2D eigenvalue weighted by atomic mass is 9.97. The zero-order valence-corrected chi connectivity index (χ0v) is 16.7. The number of rotatable bonds is 3. The van der Waals surface area contributed by atoms with Crippen LogP contribution in [0.5, 0.6) is 0 Å². The van der Waals surface area contributed by atoms with Crippen LogP contribution in [0.1, 0.15) is 29.6 Å². The highest BCUT2D eigenvalue weighted by Gasteiger charge is 2.26. The van der Waals surface area contributed by atoms with Crippen molar-refractivity contribution in [2.24, 2.45) is 0 Å². The van der Waals surface area contributed by atoms with Crippen LogP contribution in [0.15, 0.2) is 48.5 Å². The number of hydrogen-bond acceptors (Lipinski definition) is 4. The number of carbonyl (C=O) groups is 1. The Bertz CT molecular complexity index is 1120. The number of benzene rings is 2. The van der Waals surface area contributed by atoms with E-state index in [1.807, 2.05) is 46.7 Å². The van der Waals surface area contributed by atoms with Gasteiger partial charge in [0.2, 0.25) is 5.91 Å². The average Bonchev–Trinajstić information content (AvgIpc) is 3.29. The third-order valence-corrected chi connectivity index (χ3v) is 6.85. The maximum absolute atomic E-state index is 12.9. The number of hydrogen-bond donors (Lipinski definition) is 0. The van der Waals surface area contributed by atoms with Gasteiger partial charge >= 0.3 is 0 Å². The maximum Gasteiger partial charge on any atom is 0.242 e. The maximum atomic E-state index is 12.9. The van der Waals surface area contributed by atoms with E-state index in [0.29, 0.717) is 12.5 Å². The predicted molar refractivity (Wildman–Crippen MR) is 113 cm³/mol. The number of thiazole rings is 1. The monoisotopic (exact) mass is 390 g/mol. The minimum Gasteiger partial charge on any atom is -0.341 e. The first kappa shape index (κ1) is 17.4. The van der Waals surface area contributed by atoms with Crippen LogP contribution in [-0.4, -0.2) is 38.4 Å². The summed E-state index contributed by atoms with van der Waals surface area (Å²) in [6.45, 7) is 3.92. The molecule has 1 aliphatic rings. The fraction of sp³-hybridized carbons (Fsp3) is 0.318. The van der Waals surface area contributed by atoms with Gasteiger partial charge in [0, 0.05) is 19.0 Å². The zero-order valence-electron chi connectivity index (χ0n) is 15.8. The summed E-state index contributed by atoms with van der Waals surface area (Å²) in [5.41, 5.74) is 3.06. The number of aromatic nitrogens is 3. The van der Waals surface area contributed by atoms with E-state index < -0.39 is 0 Å². The standard InChI is InChI=1S/C22H22N4OS/c1-15-23-17-6-2-4-8-19(17)26(15)14-21(27)25-12-10-16(11-13-25)22-24-18-7-3-5-9-20(18)28-22/h2-9,16H,10-14H2,1H3. The molecule has 0 saturated carbocycles. The van der Waals surface area contributed by atoms with Crippen LogP contribution in [0.25, 0.3) is 21.3 Å². The fourth-order valence-corrected chi connectivity index (χ4v) is 5.21. The molecule has 28 heavy (non-hydrogen) atoms. The second-order valence-electron chi connectivity index (χ2n) is 7.41. The summed E-state index contributed by atoms with van der Waals surface area (Å²) >= 11 is 1.79. The van der Waals surface area contributed by atoms with Gasteiger partial charge in [-0.05, 0) is 44.0 Å². The Kier molecular flexibility index (Phi) is 4.36. The molecule has 6 heteroatoms. The average molecular weight is 391 g/mol. The van der Waals surface area contributed by atoms with Gasteiger partial charge in [-0.1, -0.05) is 24.3 Å². The Morgan fingerprint density at radius 2 is 1.75 bits per heavy atom. The molecule has 2 aromatic carbocycles. The molecule has 0 N–H and O–H groups in total. The molecule has 0 radical (unpaired) electrons. The summed E-state index contributed by atoms with van der Waals surface area (Å²) in [6, 6.07) is 16.3. The normalized spacial score (nSPS) is 15.5. The van der Waals surface area contributed by atoms with Crippen molar-refractivity contribution in [3.05, 3.63) is 59.4 Å². The molecule has 0 aliphatic carbocycles. The van der Waals surface area contributed by atoms with Gasteiger partial charge in [0.15, 0.2) is 0 Å². The summed E-state index contributed by atoms with van der Waals surface area (Å²) in [6.07, 6.45) is 1.96. The van der Waals surface area contributed by atoms with Gasteiger partial charge in [-0.15, -0.1) is 11.3 Å². The minimum atomic E-state index is 0.175. The van der Waals surface area contributed by atoms with E-state index in [2.05, 4.69) is 23.2 Å². The molecule has 1 aliphatic heterocycles. The van der Waals surface area contributed by atoms with Gasteiger partial charge in [-0.3, -0.25) is 4.79 Å². The highest BCUT2D eigenvalue weighted by molar-refractivity contribution is 7.18. The first-order valence-corrected chi connectivity index (χ1v) is 10.6. The molecule has 0 bridgehead atoms. The molecule has 5 rings (SSSR count). The van der Waals surface area contributed by atoms with E-state index in [4.69, 9.17) is 4.98 Å². The fourth-order valence-electron chi connectivity index (χ4n) is 4.07. The van der Waals surface area contributed by atoms with Gasteiger partial charge in [-0.25, -0.2) is 9.97 Å². The van der Waals surface area contributed by atoms with Gasteiger partial charge < -0.3 is 9.47 Å². The molecule has 2 aromatic heterocycles. The van der Waals surface area contributed by atoms with E-state index in [0.717, 1.165) is 48.3 Å². The number of piperidine rings is 1. The molecule has 0 spiro atoms. The lowest BCUT2D eigenvalue weighted by molar-refractivity contribution is -0.132. The molecule has 0 unspecified atom stereocenters. The third-order valence-electron chi connectivity index (χ3n) is 5.65. The summed E-state index contributed by atoms with van der Waals surface area (Å²) in [5.74, 6) is 1.52. The van der Waals surface area contributed by atoms with Gasteiger partial charge in [-0.2, -0.15) is 0 Å². The van der Waals surface area contributed by atoms with Crippen LogP contribution in [0.3, 0.4) is 0 Å². The van der Waals surface area contributed by atoms with Crippen molar-refractivity contribution in [3.8, 4) is 0 Å². The molecule has 4 aromatic rings. The van der Waals surface area contributed by atoms with E-state index in [-0.39, 0.29) is 5.91 Å². The summed E-state index contributed by atoms with van der Waals surface area (Å²) in [4.78, 5) is 24.3. The van der Waals surface area contributed by atoms with Crippen LogP contribution in [0.2, 0.25) is 0 Å². The number of para-hydroxylation sites is 3. The largest absolute Gasteiger partial charge is 0.341 e. The minimum absolute atomic E-state index is 0.175. The van der Waals surface area contributed by atoms with Gasteiger partial charge in [0.1, 0.15) is 12.4 Å². The van der Waals surface area contributed by atoms with E-state index in [1.54, 1.807) is 11.3 Å². The SMILES string of the molecule is Cc1nc2ccccc2n1CC(=O)N1CCC(c2nc3ccccc3s2)CC1. The van der Waals surface area contributed by atoms with Crippen molar-refractivity contribution in [1.82, 2.24) is 19.4 Å². The Hall–Kier alpha value is -2.73. The van der Waals surface area contributed by atoms with E-state index >= 15 is 0 Å². The van der Waals surface area contributed by atoms with Crippen LogP contribution >= 0.6 is 11.3 Å². The van der Waals surface area contributed by atoms with Crippen molar-refractivity contribution in [3.63, 3.8) is 0 Å². The second kappa shape index (κ2) is 7.02. The molecular formula is C22H22N4OS. The first-order chi connectivity index (χ1) is 13.7. The topological polar surface area (TPSA) is 51.0 Å². The first-order valence-electron chi connectivity index (χ1n) is 9.74. The summed E-state index contributed by atoms with van der Waals surface area (Å²) in [7, 11) is 0. The molecule has 1 fully saturated rings. The molecule has 1 saturated heterocycles. The van der Waals surface area contributed by atoms with Crippen LogP contribution in [-0.2, 0) is 11.3 Å². The third kappa shape index (κ3) is 3.07. The van der Waals surface area contributed by atoms with Crippen molar-refractivity contribution in [1.29, 1.82) is 0 Å². The molecule has 142 valence electrons. The molecular weight excluding hydrogens is 368 g/mol. The molecule has 0 atom stereocenters. The molecule has 3 heterocycles. The Morgan fingerprint density at radius 1 is 1.04 bits per heavy atom. The Balaban J connectivity index is 1.27. The number of likely N-dealkylation sites (tertiary alicyclic amines) is 1. The van der Waals surface area contributed by atoms with Crippen molar-refractivity contribution >= 4 is 38.5 Å². The summed E-state index contributed by atoms with van der Waals surface area (Å²) in [5, 5.41) is 1.21. The van der Waals surface area contributed by atoms with Gasteiger partial charge in [0.25, 0.3) is 0 Å². The molecule has 1 amide bonds. The smallest absolute Gasteiger partial charge is 0.242 e. The number of carbonyl (C=O) groups excluding carboxylic acids is 1. The lowest BCUT2D eigenvalue weighted by Gasteiger charge is -2.31. The highest BCUT2D eigenvalue weighted by atomic mass is 32.1. The van der Waals surface area contributed by atoms with Crippen molar-refractivity contribution < 1.29 is 4.79 Å². The number of nitrogens with zero attached hydrogens (tertiary/aromatic N) is 4. The number of amides is 1. The highest BCUT2D eigenvalue weighted by Crippen LogP contribution is 2.33. The second-order valence-corrected chi connectivity index (χ2v) is 8.47. The van der Waals surface area contributed by atoms with Crippen molar-refractivity contribution in [2.75, 3.05) is 13.1 Å². The van der Waals surface area contributed by atoms with Crippen molar-refractivity contribution in [2.45, 2.75) is 32.2 Å². The Labute approximate surface area is 167 Å². The Morgan fingerprint density at radius 3 is 2.54 bits per heavy atom. The number of aryl methyl sites for hydroxylation is 1. The molecule has 5 nitrogen and oxygen atoms in total. The quantitative estimate of drug-likeness (QED) is 0.522.